The Labute approximate surface area is 110 Å². The average molecular weight is 275 g/mol. The topological polar surface area (TPSA) is 61.4 Å². The van der Waals surface area contributed by atoms with Crippen LogP contribution in [0.2, 0.25) is 0 Å². The van der Waals surface area contributed by atoms with Crippen LogP contribution in [0.4, 0.5) is 0 Å². The molecule has 2 fully saturated rings. The Morgan fingerprint density at radius 3 is 2.56 bits per heavy atom. The highest BCUT2D eigenvalue weighted by molar-refractivity contribution is 7.87. The molecule has 2 saturated heterocycles. The highest BCUT2D eigenvalue weighted by Gasteiger charge is 2.30. The average Bonchev–Trinajstić information content (AvgIpc) is 2.39. The first kappa shape index (κ1) is 14.2. The van der Waals surface area contributed by atoms with Gasteiger partial charge in [0.1, 0.15) is 0 Å². The van der Waals surface area contributed by atoms with E-state index in [2.05, 4.69) is 17.0 Å². The van der Waals surface area contributed by atoms with Crippen molar-refractivity contribution in [3.63, 3.8) is 0 Å². The SMILES string of the molecule is CC1(CNS(=O)(=O)N2CCCCC2)CCCNC1. The molecule has 0 saturated carbocycles. The zero-order chi connectivity index (χ0) is 13.1. The van der Waals surface area contributed by atoms with Gasteiger partial charge in [-0.05, 0) is 37.6 Å². The smallest absolute Gasteiger partial charge is 0.279 e. The van der Waals surface area contributed by atoms with Crippen LogP contribution < -0.4 is 10.0 Å². The molecule has 0 spiro atoms. The van der Waals surface area contributed by atoms with Crippen LogP contribution >= 0.6 is 0 Å². The molecular weight excluding hydrogens is 250 g/mol. The molecule has 106 valence electrons. The second-order valence-electron chi connectivity index (χ2n) is 5.88. The molecule has 1 atom stereocenters. The van der Waals surface area contributed by atoms with Gasteiger partial charge in [0.2, 0.25) is 0 Å². The molecular formula is C12H25N3O2S. The van der Waals surface area contributed by atoms with E-state index in [-0.39, 0.29) is 5.41 Å². The first-order valence-electron chi connectivity index (χ1n) is 6.97. The maximum atomic E-state index is 12.2. The maximum absolute atomic E-state index is 12.2. The fourth-order valence-corrected chi connectivity index (χ4v) is 4.18. The van der Waals surface area contributed by atoms with Crippen molar-refractivity contribution in [2.75, 3.05) is 32.7 Å². The van der Waals surface area contributed by atoms with E-state index in [0.717, 1.165) is 45.2 Å². The largest absolute Gasteiger partial charge is 0.316 e. The molecule has 1 unspecified atom stereocenters. The Kier molecular flexibility index (Phi) is 4.64. The summed E-state index contributed by atoms with van der Waals surface area (Å²) in [7, 11) is -3.27. The van der Waals surface area contributed by atoms with E-state index in [1.54, 1.807) is 4.31 Å². The lowest BCUT2D eigenvalue weighted by molar-refractivity contribution is 0.235. The molecule has 2 N–H and O–H groups in total. The minimum Gasteiger partial charge on any atom is -0.316 e. The van der Waals surface area contributed by atoms with E-state index >= 15 is 0 Å². The van der Waals surface area contributed by atoms with Crippen molar-refractivity contribution in [1.29, 1.82) is 0 Å². The molecule has 2 aliphatic heterocycles. The van der Waals surface area contributed by atoms with Crippen molar-refractivity contribution in [3.8, 4) is 0 Å². The minimum atomic E-state index is -3.27. The fraction of sp³-hybridized carbons (Fsp3) is 1.00. The van der Waals surface area contributed by atoms with Crippen molar-refractivity contribution in [2.24, 2.45) is 5.41 Å². The van der Waals surface area contributed by atoms with Crippen LogP contribution in [0.3, 0.4) is 0 Å². The summed E-state index contributed by atoms with van der Waals surface area (Å²) < 4.78 is 28.7. The summed E-state index contributed by atoms with van der Waals surface area (Å²) in [5.74, 6) is 0. The van der Waals surface area contributed by atoms with Crippen LogP contribution in [0.5, 0.6) is 0 Å². The monoisotopic (exact) mass is 275 g/mol. The van der Waals surface area contributed by atoms with Crippen molar-refractivity contribution in [1.82, 2.24) is 14.3 Å². The maximum Gasteiger partial charge on any atom is 0.279 e. The van der Waals surface area contributed by atoms with Crippen molar-refractivity contribution in [2.45, 2.75) is 39.0 Å². The van der Waals surface area contributed by atoms with Gasteiger partial charge in [-0.1, -0.05) is 13.3 Å². The quantitative estimate of drug-likeness (QED) is 0.794. The Morgan fingerprint density at radius 1 is 1.22 bits per heavy atom. The van der Waals surface area contributed by atoms with Crippen molar-refractivity contribution >= 4 is 10.2 Å². The lowest BCUT2D eigenvalue weighted by atomic mass is 9.83. The van der Waals surface area contributed by atoms with Gasteiger partial charge >= 0.3 is 0 Å². The summed E-state index contributed by atoms with van der Waals surface area (Å²) in [5, 5.41) is 3.34. The molecule has 0 amide bonds. The molecule has 18 heavy (non-hydrogen) atoms. The molecule has 0 aromatic rings. The number of hydrogen-bond acceptors (Lipinski definition) is 3. The van der Waals surface area contributed by atoms with E-state index in [0.29, 0.717) is 19.6 Å². The number of nitrogens with zero attached hydrogens (tertiary/aromatic N) is 1. The Morgan fingerprint density at radius 2 is 1.94 bits per heavy atom. The number of hydrogen-bond donors (Lipinski definition) is 2. The molecule has 2 heterocycles. The van der Waals surface area contributed by atoms with Gasteiger partial charge in [0.15, 0.2) is 0 Å². The Bertz CT molecular complexity index is 358. The van der Waals surface area contributed by atoms with Crippen LogP contribution in [0.15, 0.2) is 0 Å². The second kappa shape index (κ2) is 5.86. The highest BCUT2D eigenvalue weighted by atomic mass is 32.2. The predicted molar refractivity (Wildman–Crippen MR) is 72.6 cm³/mol. The van der Waals surface area contributed by atoms with E-state index in [1.165, 1.54) is 0 Å². The summed E-state index contributed by atoms with van der Waals surface area (Å²) in [5.41, 5.74) is 0.0567. The van der Waals surface area contributed by atoms with Gasteiger partial charge in [-0.25, -0.2) is 4.72 Å². The molecule has 2 aliphatic rings. The Balaban J connectivity index is 1.87. The fourth-order valence-electron chi connectivity index (χ4n) is 2.73. The summed E-state index contributed by atoms with van der Waals surface area (Å²) in [6, 6.07) is 0. The number of piperidine rings is 2. The number of rotatable bonds is 4. The zero-order valence-corrected chi connectivity index (χ0v) is 12.1. The first-order chi connectivity index (χ1) is 8.52. The van der Waals surface area contributed by atoms with Gasteiger partial charge in [-0.3, -0.25) is 0 Å². The molecule has 6 heteroatoms. The van der Waals surface area contributed by atoms with Crippen molar-refractivity contribution in [3.05, 3.63) is 0 Å². The second-order valence-corrected chi connectivity index (χ2v) is 7.63. The summed E-state index contributed by atoms with van der Waals surface area (Å²) >= 11 is 0. The van der Waals surface area contributed by atoms with Gasteiger partial charge in [0, 0.05) is 26.2 Å². The van der Waals surface area contributed by atoms with E-state index in [9.17, 15) is 8.42 Å². The standard InChI is InChI=1S/C12H25N3O2S/c1-12(6-5-7-13-10-12)11-14-18(16,17)15-8-3-2-4-9-15/h13-14H,2-11H2,1H3. The van der Waals surface area contributed by atoms with Crippen molar-refractivity contribution < 1.29 is 8.42 Å². The summed E-state index contributed by atoms with van der Waals surface area (Å²) in [6.45, 7) is 5.98. The molecule has 2 rings (SSSR count). The normalized spacial score (nSPS) is 31.4. The van der Waals surface area contributed by atoms with Gasteiger partial charge in [-0.2, -0.15) is 12.7 Å². The van der Waals surface area contributed by atoms with Crippen LogP contribution in [-0.4, -0.2) is 45.4 Å². The van der Waals surface area contributed by atoms with Crippen LogP contribution in [0.25, 0.3) is 0 Å². The third kappa shape index (κ3) is 3.66. The first-order valence-corrected chi connectivity index (χ1v) is 8.41. The molecule has 0 bridgehead atoms. The van der Waals surface area contributed by atoms with Crippen LogP contribution in [0, 0.1) is 5.41 Å². The predicted octanol–water partition coefficient (Wildman–Crippen LogP) is 0.696. The molecule has 0 aromatic carbocycles. The van der Waals surface area contributed by atoms with Crippen LogP contribution in [-0.2, 0) is 10.2 Å². The minimum absolute atomic E-state index is 0.0567. The van der Waals surface area contributed by atoms with E-state index < -0.39 is 10.2 Å². The van der Waals surface area contributed by atoms with Gasteiger partial charge in [0.05, 0.1) is 0 Å². The van der Waals surface area contributed by atoms with E-state index in [4.69, 9.17) is 0 Å². The molecule has 0 aliphatic carbocycles. The van der Waals surface area contributed by atoms with Gasteiger partial charge in [0.25, 0.3) is 10.2 Å². The molecule has 0 radical (unpaired) electrons. The third-order valence-electron chi connectivity index (χ3n) is 4.02. The van der Waals surface area contributed by atoms with Crippen LogP contribution in [0.1, 0.15) is 39.0 Å². The van der Waals surface area contributed by atoms with Gasteiger partial charge in [-0.15, -0.1) is 0 Å². The van der Waals surface area contributed by atoms with E-state index in [1.807, 2.05) is 0 Å². The molecule has 0 aromatic heterocycles. The summed E-state index contributed by atoms with van der Waals surface area (Å²) in [4.78, 5) is 0. The number of nitrogens with one attached hydrogen (secondary N) is 2. The summed E-state index contributed by atoms with van der Waals surface area (Å²) in [6.07, 6.45) is 5.33. The molecule has 5 nitrogen and oxygen atoms in total. The zero-order valence-electron chi connectivity index (χ0n) is 11.2. The highest BCUT2D eigenvalue weighted by Crippen LogP contribution is 2.24. The lowest BCUT2D eigenvalue weighted by Crippen LogP contribution is -2.50. The third-order valence-corrected chi connectivity index (χ3v) is 5.58. The van der Waals surface area contributed by atoms with Gasteiger partial charge < -0.3 is 5.32 Å². The Hall–Kier alpha value is -0.170. The lowest BCUT2D eigenvalue weighted by Gasteiger charge is -2.35.